The molecule has 7 heteroatoms. The Morgan fingerprint density at radius 2 is 1.74 bits per heavy atom. The molecule has 142 valence electrons. The first-order valence-corrected chi connectivity index (χ1v) is 8.67. The fourth-order valence-corrected chi connectivity index (χ4v) is 3.30. The normalized spacial score (nSPS) is 16.6. The molecule has 0 amide bonds. The van der Waals surface area contributed by atoms with Crippen molar-refractivity contribution in [3.63, 3.8) is 0 Å². The third-order valence-corrected chi connectivity index (χ3v) is 4.54. The van der Waals surface area contributed by atoms with E-state index in [0.29, 0.717) is 11.4 Å². The van der Waals surface area contributed by atoms with E-state index in [1.54, 1.807) is 30.5 Å². The Bertz CT molecular complexity index is 838. The zero-order chi connectivity index (χ0) is 19.4. The molecule has 0 saturated carbocycles. The van der Waals surface area contributed by atoms with E-state index in [9.17, 15) is 14.0 Å². The molecule has 1 aromatic rings. The fraction of sp³-hybridized carbons (Fsp3) is 0.300. The number of hydrogen-bond donors (Lipinski definition) is 0. The van der Waals surface area contributed by atoms with E-state index in [2.05, 4.69) is 0 Å². The van der Waals surface area contributed by atoms with Gasteiger partial charge in [0.2, 0.25) is 0 Å². The topological polar surface area (TPSA) is 59.1 Å². The largest absolute Gasteiger partial charge is 0.465 e. The summed E-state index contributed by atoms with van der Waals surface area (Å²) in [5, 5.41) is 0. The second-order valence-corrected chi connectivity index (χ2v) is 6.12. The molecule has 2 heterocycles. The Kier molecular flexibility index (Phi) is 5.59. The Morgan fingerprint density at radius 3 is 2.41 bits per heavy atom. The van der Waals surface area contributed by atoms with Crippen LogP contribution in [-0.4, -0.2) is 39.2 Å². The molecule has 0 aliphatic carbocycles. The minimum atomic E-state index is -0.719. The number of nitrogens with zero attached hydrogens (tertiary/aromatic N) is 2. The monoisotopic (exact) mass is 372 g/mol. The van der Waals surface area contributed by atoms with Gasteiger partial charge in [0.05, 0.1) is 31.2 Å². The van der Waals surface area contributed by atoms with Crippen molar-refractivity contribution in [2.75, 3.05) is 37.1 Å². The number of rotatable bonds is 4. The highest BCUT2D eigenvalue weighted by Gasteiger charge is 2.30. The van der Waals surface area contributed by atoms with Gasteiger partial charge in [0.25, 0.3) is 0 Å². The molecule has 0 unspecified atom stereocenters. The van der Waals surface area contributed by atoms with Gasteiger partial charge >= 0.3 is 11.9 Å². The Morgan fingerprint density at radius 1 is 1.04 bits per heavy atom. The van der Waals surface area contributed by atoms with E-state index in [-0.39, 0.29) is 17.1 Å². The van der Waals surface area contributed by atoms with Crippen LogP contribution in [0.4, 0.5) is 15.8 Å². The number of ether oxygens (including phenoxy) is 2. The zero-order valence-electron chi connectivity index (χ0n) is 15.3. The highest BCUT2D eigenvalue weighted by atomic mass is 19.1. The Hall–Kier alpha value is -3.09. The first-order valence-electron chi connectivity index (χ1n) is 8.67. The van der Waals surface area contributed by atoms with Crippen molar-refractivity contribution in [2.45, 2.75) is 12.8 Å². The second kappa shape index (κ2) is 8.07. The molecule has 3 rings (SSSR count). The van der Waals surface area contributed by atoms with Crippen LogP contribution < -0.4 is 9.80 Å². The lowest BCUT2D eigenvalue weighted by Gasteiger charge is -2.29. The summed E-state index contributed by atoms with van der Waals surface area (Å²) in [6, 6.07) is 4.67. The molecule has 2 aliphatic heterocycles. The molecule has 6 nitrogen and oxygen atoms in total. The third kappa shape index (κ3) is 3.58. The zero-order valence-corrected chi connectivity index (χ0v) is 15.3. The molecule has 1 fully saturated rings. The van der Waals surface area contributed by atoms with Gasteiger partial charge in [0.1, 0.15) is 11.5 Å². The number of halogens is 1. The molecule has 0 spiro atoms. The molecule has 0 bridgehead atoms. The molecular weight excluding hydrogens is 351 g/mol. The van der Waals surface area contributed by atoms with Crippen LogP contribution in [0.15, 0.2) is 53.9 Å². The van der Waals surface area contributed by atoms with Crippen molar-refractivity contribution >= 4 is 23.3 Å². The van der Waals surface area contributed by atoms with E-state index < -0.39 is 11.9 Å². The molecule has 0 atom stereocenters. The Balaban J connectivity index is 2.21. The molecule has 0 aromatic heterocycles. The van der Waals surface area contributed by atoms with Gasteiger partial charge in [-0.25, -0.2) is 14.0 Å². The van der Waals surface area contributed by atoms with Crippen molar-refractivity contribution in [2.24, 2.45) is 0 Å². The van der Waals surface area contributed by atoms with Crippen LogP contribution in [0, 0.1) is 5.82 Å². The first kappa shape index (κ1) is 18.7. The highest BCUT2D eigenvalue weighted by molar-refractivity contribution is 6.06. The number of hydrogen-bond acceptors (Lipinski definition) is 6. The average molecular weight is 372 g/mol. The summed E-state index contributed by atoms with van der Waals surface area (Å²) in [5.41, 5.74) is 0.859. The molecular formula is C20H21FN2O4. The molecule has 2 aliphatic rings. The van der Waals surface area contributed by atoms with E-state index in [4.69, 9.17) is 9.47 Å². The number of allylic oxidation sites excluding steroid dienone is 2. The minimum Gasteiger partial charge on any atom is -0.465 e. The number of anilines is 2. The maximum absolute atomic E-state index is 14.8. The van der Waals surface area contributed by atoms with Crippen LogP contribution >= 0.6 is 0 Å². The second-order valence-electron chi connectivity index (χ2n) is 6.12. The number of esters is 2. The lowest BCUT2D eigenvalue weighted by Crippen LogP contribution is -2.29. The van der Waals surface area contributed by atoms with E-state index in [1.807, 2.05) is 4.90 Å². The van der Waals surface area contributed by atoms with Crippen molar-refractivity contribution < 1.29 is 23.5 Å². The maximum Gasteiger partial charge on any atom is 0.355 e. The summed E-state index contributed by atoms with van der Waals surface area (Å²) in [6.45, 7) is 1.45. The van der Waals surface area contributed by atoms with Gasteiger partial charge in [0, 0.05) is 19.3 Å². The highest BCUT2D eigenvalue weighted by Crippen LogP contribution is 2.37. The summed E-state index contributed by atoms with van der Waals surface area (Å²) >= 11 is 0. The molecule has 1 aromatic carbocycles. The van der Waals surface area contributed by atoms with Crippen LogP contribution in [-0.2, 0) is 19.1 Å². The summed E-state index contributed by atoms with van der Waals surface area (Å²) in [4.78, 5) is 28.2. The smallest absolute Gasteiger partial charge is 0.355 e. The SMILES string of the molecule is COC(=O)C1=C(C(=O)OC)N(c2cccc(F)c2N2CCCC2)C=CC=C1. The predicted molar refractivity (Wildman–Crippen MR) is 99.7 cm³/mol. The summed E-state index contributed by atoms with van der Waals surface area (Å²) in [7, 11) is 2.46. The summed E-state index contributed by atoms with van der Waals surface area (Å²) < 4.78 is 24.5. The number of carbonyl (C=O) groups excluding carboxylic acids is 2. The number of benzene rings is 1. The summed E-state index contributed by atoms with van der Waals surface area (Å²) in [6.07, 6.45) is 8.30. The molecule has 27 heavy (non-hydrogen) atoms. The van der Waals surface area contributed by atoms with Crippen LogP contribution in [0.1, 0.15) is 12.8 Å². The van der Waals surface area contributed by atoms with Crippen LogP contribution in [0.3, 0.4) is 0 Å². The van der Waals surface area contributed by atoms with Crippen LogP contribution in [0.2, 0.25) is 0 Å². The predicted octanol–water partition coefficient (Wildman–Crippen LogP) is 2.92. The number of methoxy groups -OCH3 is 2. The van der Waals surface area contributed by atoms with Crippen molar-refractivity contribution in [3.8, 4) is 0 Å². The average Bonchev–Trinajstić information content (AvgIpc) is 3.12. The van der Waals surface area contributed by atoms with E-state index in [1.165, 1.54) is 31.3 Å². The third-order valence-electron chi connectivity index (χ3n) is 4.54. The van der Waals surface area contributed by atoms with Crippen molar-refractivity contribution in [1.82, 2.24) is 0 Å². The van der Waals surface area contributed by atoms with Gasteiger partial charge in [-0.05, 0) is 37.1 Å². The molecule has 1 saturated heterocycles. The standard InChI is InChI=1S/C20H21FN2O4/c1-26-19(24)14-8-3-4-13-23(17(14)20(25)27-2)16-10-7-9-15(21)18(16)22-11-5-6-12-22/h3-4,7-10,13H,5-6,11-12H2,1-2H3. The lowest BCUT2D eigenvalue weighted by molar-refractivity contribution is -0.139. The van der Waals surface area contributed by atoms with Gasteiger partial charge in [-0.3, -0.25) is 0 Å². The van der Waals surface area contributed by atoms with Gasteiger partial charge in [-0.1, -0.05) is 12.1 Å². The lowest BCUT2D eigenvalue weighted by atomic mass is 10.1. The van der Waals surface area contributed by atoms with E-state index in [0.717, 1.165) is 25.9 Å². The molecule has 0 N–H and O–H groups in total. The van der Waals surface area contributed by atoms with Crippen molar-refractivity contribution in [3.05, 3.63) is 59.7 Å². The molecule has 0 radical (unpaired) electrons. The van der Waals surface area contributed by atoms with Gasteiger partial charge in [-0.15, -0.1) is 0 Å². The number of carbonyl (C=O) groups is 2. The van der Waals surface area contributed by atoms with Crippen LogP contribution in [0.25, 0.3) is 0 Å². The van der Waals surface area contributed by atoms with Crippen molar-refractivity contribution in [1.29, 1.82) is 0 Å². The fourth-order valence-electron chi connectivity index (χ4n) is 3.30. The van der Waals surface area contributed by atoms with Crippen LogP contribution in [0.5, 0.6) is 0 Å². The van der Waals surface area contributed by atoms with Gasteiger partial charge in [-0.2, -0.15) is 0 Å². The first-order chi connectivity index (χ1) is 13.1. The number of para-hydroxylation sites is 1. The minimum absolute atomic E-state index is 0.0274. The van der Waals surface area contributed by atoms with Gasteiger partial charge in [0.15, 0.2) is 0 Å². The van der Waals surface area contributed by atoms with Gasteiger partial charge < -0.3 is 19.3 Å². The summed E-state index contributed by atoms with van der Waals surface area (Å²) in [5.74, 6) is -1.79. The quantitative estimate of drug-likeness (QED) is 0.758. The maximum atomic E-state index is 14.8. The Labute approximate surface area is 157 Å². The van der Waals surface area contributed by atoms with E-state index >= 15 is 0 Å².